The summed E-state index contributed by atoms with van der Waals surface area (Å²) in [6, 6.07) is 8.71. The number of hydrogen-bond donors (Lipinski definition) is 1. The van der Waals surface area contributed by atoms with Gasteiger partial charge >= 0.3 is 5.91 Å². The fourth-order valence-electron chi connectivity index (χ4n) is 3.18. The molecule has 1 aliphatic rings. The Morgan fingerprint density at radius 3 is 2.62 bits per heavy atom. The lowest BCUT2D eigenvalue weighted by molar-refractivity contribution is 0.0956. The quantitative estimate of drug-likeness (QED) is 0.685. The molecule has 1 saturated heterocycles. The maximum Gasteiger partial charge on any atom is 0.300 e. The van der Waals surface area contributed by atoms with Crippen molar-refractivity contribution < 1.29 is 26.8 Å². The molecular formula is C20H19FN2O5S. The Hall–Kier alpha value is -3.07. The molecule has 29 heavy (non-hydrogen) atoms. The Bertz CT molecular complexity index is 1220. The lowest BCUT2D eigenvalue weighted by atomic mass is 10.1. The van der Waals surface area contributed by atoms with Crippen LogP contribution in [0, 0.1) is 12.7 Å². The van der Waals surface area contributed by atoms with Crippen molar-refractivity contribution >= 4 is 32.6 Å². The lowest BCUT2D eigenvalue weighted by Crippen LogP contribution is -2.36. The molecule has 1 aliphatic heterocycles. The van der Waals surface area contributed by atoms with Gasteiger partial charge in [0.1, 0.15) is 22.0 Å². The Morgan fingerprint density at radius 2 is 1.97 bits per heavy atom. The van der Waals surface area contributed by atoms with Crippen molar-refractivity contribution in [1.29, 1.82) is 0 Å². The number of benzene rings is 2. The second-order valence-electron chi connectivity index (χ2n) is 6.88. The van der Waals surface area contributed by atoms with Gasteiger partial charge in [-0.15, -0.1) is 0 Å². The summed E-state index contributed by atoms with van der Waals surface area (Å²) in [7, 11) is -2.88. The van der Waals surface area contributed by atoms with E-state index in [1.165, 1.54) is 25.3 Å². The number of furan rings is 1. The molecule has 152 valence electrons. The van der Waals surface area contributed by atoms with E-state index in [0.29, 0.717) is 5.69 Å². The summed E-state index contributed by atoms with van der Waals surface area (Å²) in [5.74, 6) is -1.71. The molecule has 0 radical (unpaired) electrons. The fourth-order valence-corrected chi connectivity index (χ4v) is 4.28. The first kappa shape index (κ1) is 19.3. The van der Waals surface area contributed by atoms with E-state index in [9.17, 15) is 17.6 Å². The molecule has 7 nitrogen and oxygen atoms in total. The molecule has 1 amide bonds. The average molecular weight is 418 g/mol. The van der Waals surface area contributed by atoms with E-state index in [2.05, 4.69) is 0 Å². The molecule has 2 aromatic carbocycles. The van der Waals surface area contributed by atoms with E-state index < -0.39 is 21.7 Å². The van der Waals surface area contributed by atoms with Gasteiger partial charge in [0.15, 0.2) is 5.76 Å². The van der Waals surface area contributed by atoms with Crippen LogP contribution in [0.15, 0.2) is 45.7 Å². The van der Waals surface area contributed by atoms with E-state index in [4.69, 9.17) is 9.15 Å². The lowest BCUT2D eigenvalue weighted by Gasteiger charge is -2.33. The minimum absolute atomic E-state index is 0.111. The predicted octanol–water partition coefficient (Wildman–Crippen LogP) is 3.22. The number of nitrogens with zero attached hydrogens (tertiary/aromatic N) is 1. The van der Waals surface area contributed by atoms with Crippen LogP contribution in [-0.4, -0.2) is 34.5 Å². The first-order chi connectivity index (χ1) is 13.8. The molecule has 9 heteroatoms. The molecule has 3 aromatic rings. The molecule has 0 saturated carbocycles. The smallest absolute Gasteiger partial charge is 0.300 e. The van der Waals surface area contributed by atoms with E-state index >= 15 is 0 Å². The van der Waals surface area contributed by atoms with Crippen molar-refractivity contribution in [3.63, 3.8) is 0 Å². The van der Waals surface area contributed by atoms with Crippen LogP contribution in [0.1, 0.15) is 22.5 Å². The molecule has 0 bridgehead atoms. The van der Waals surface area contributed by atoms with Gasteiger partial charge in [-0.05, 0) is 37.1 Å². The van der Waals surface area contributed by atoms with Crippen LogP contribution in [0.3, 0.4) is 0 Å². The summed E-state index contributed by atoms with van der Waals surface area (Å²) < 4.78 is 52.2. The number of anilines is 1. The number of nitrogens with one attached hydrogen (secondary N) is 1. The highest BCUT2D eigenvalue weighted by molar-refractivity contribution is 7.90. The Balaban J connectivity index is 1.64. The number of rotatable bonds is 5. The monoisotopic (exact) mass is 418 g/mol. The Labute approximate surface area is 167 Å². The summed E-state index contributed by atoms with van der Waals surface area (Å²) in [5.41, 5.74) is 1.65. The summed E-state index contributed by atoms with van der Waals surface area (Å²) in [5, 5.41) is 0.115. The SMILES string of the molecule is COc1cc(C)ccc1S(=O)(=O)NC(=O)c1cc2c(F)cc(N3CCC3)cc2o1. The van der Waals surface area contributed by atoms with Gasteiger partial charge in [0.2, 0.25) is 0 Å². The van der Waals surface area contributed by atoms with Crippen LogP contribution in [0.4, 0.5) is 10.1 Å². The van der Waals surface area contributed by atoms with E-state index in [-0.39, 0.29) is 27.4 Å². The van der Waals surface area contributed by atoms with Crippen molar-refractivity contribution in [2.24, 2.45) is 0 Å². The number of halogens is 1. The Kier molecular flexibility index (Phi) is 4.70. The zero-order valence-corrected chi connectivity index (χ0v) is 16.7. The van der Waals surface area contributed by atoms with Gasteiger partial charge < -0.3 is 14.1 Å². The minimum atomic E-state index is -4.22. The number of sulfonamides is 1. The van der Waals surface area contributed by atoms with Crippen LogP contribution in [0.2, 0.25) is 0 Å². The van der Waals surface area contributed by atoms with Crippen LogP contribution in [0.25, 0.3) is 11.0 Å². The van der Waals surface area contributed by atoms with Gasteiger partial charge in [-0.2, -0.15) is 0 Å². The van der Waals surface area contributed by atoms with E-state index in [1.807, 2.05) is 9.62 Å². The molecule has 1 N–H and O–H groups in total. The number of carbonyl (C=O) groups excluding carboxylic acids is 1. The first-order valence-electron chi connectivity index (χ1n) is 8.98. The minimum Gasteiger partial charge on any atom is -0.495 e. The largest absolute Gasteiger partial charge is 0.495 e. The molecule has 1 fully saturated rings. The maximum absolute atomic E-state index is 14.4. The van der Waals surface area contributed by atoms with Crippen molar-refractivity contribution in [2.45, 2.75) is 18.2 Å². The van der Waals surface area contributed by atoms with E-state index in [0.717, 1.165) is 25.1 Å². The summed E-state index contributed by atoms with van der Waals surface area (Å²) >= 11 is 0. The first-order valence-corrected chi connectivity index (χ1v) is 10.5. The fraction of sp³-hybridized carbons (Fsp3) is 0.250. The molecule has 0 atom stereocenters. The van der Waals surface area contributed by atoms with Gasteiger partial charge in [-0.25, -0.2) is 17.5 Å². The van der Waals surface area contributed by atoms with Gasteiger partial charge in [-0.3, -0.25) is 4.79 Å². The number of methoxy groups -OCH3 is 1. The van der Waals surface area contributed by atoms with Gasteiger partial charge in [0.05, 0.1) is 12.5 Å². The third-order valence-electron chi connectivity index (χ3n) is 4.85. The van der Waals surface area contributed by atoms with Gasteiger partial charge in [-0.1, -0.05) is 6.07 Å². The highest BCUT2D eigenvalue weighted by atomic mass is 32.2. The molecule has 0 aliphatic carbocycles. The summed E-state index contributed by atoms with van der Waals surface area (Å²) in [6.07, 6.45) is 1.03. The molecule has 2 heterocycles. The average Bonchev–Trinajstić information content (AvgIpc) is 3.04. The summed E-state index contributed by atoms with van der Waals surface area (Å²) in [4.78, 5) is 14.3. The van der Waals surface area contributed by atoms with Crippen LogP contribution in [0.5, 0.6) is 5.75 Å². The molecule has 4 rings (SSSR count). The number of hydrogen-bond acceptors (Lipinski definition) is 6. The standard InChI is InChI=1S/C20H19FN2O5S/c1-12-4-5-19(17(8-12)27-2)29(25,26)22-20(24)18-11-14-15(21)9-13(10-16(14)28-18)23-6-3-7-23/h4-5,8-11H,3,6-7H2,1-2H3,(H,22,24). The normalized spacial score (nSPS) is 14.0. The zero-order chi connectivity index (χ0) is 20.8. The highest BCUT2D eigenvalue weighted by Crippen LogP contribution is 2.31. The van der Waals surface area contributed by atoms with Crippen molar-refractivity contribution in [2.75, 3.05) is 25.1 Å². The van der Waals surface area contributed by atoms with Crippen LogP contribution >= 0.6 is 0 Å². The van der Waals surface area contributed by atoms with Gasteiger partial charge in [0.25, 0.3) is 10.0 Å². The number of amides is 1. The highest BCUT2D eigenvalue weighted by Gasteiger charge is 2.26. The second-order valence-corrected chi connectivity index (χ2v) is 8.53. The third kappa shape index (κ3) is 3.53. The van der Waals surface area contributed by atoms with Crippen LogP contribution in [-0.2, 0) is 10.0 Å². The summed E-state index contributed by atoms with van der Waals surface area (Å²) in [6.45, 7) is 3.44. The number of carbonyl (C=O) groups is 1. The molecule has 0 spiro atoms. The van der Waals surface area contributed by atoms with Crippen molar-refractivity contribution in [3.8, 4) is 5.75 Å². The Morgan fingerprint density at radius 1 is 1.21 bits per heavy atom. The molecular weight excluding hydrogens is 399 g/mol. The van der Waals surface area contributed by atoms with Crippen LogP contribution < -0.4 is 14.4 Å². The molecule has 1 aromatic heterocycles. The number of fused-ring (bicyclic) bond motifs is 1. The van der Waals surface area contributed by atoms with Gasteiger partial charge in [0, 0.05) is 30.9 Å². The van der Waals surface area contributed by atoms with Crippen molar-refractivity contribution in [1.82, 2.24) is 4.72 Å². The number of aryl methyl sites for hydroxylation is 1. The topological polar surface area (TPSA) is 88.8 Å². The predicted molar refractivity (Wildman–Crippen MR) is 105 cm³/mol. The number of ether oxygens (including phenoxy) is 1. The van der Waals surface area contributed by atoms with Crippen molar-refractivity contribution in [3.05, 3.63) is 53.5 Å². The maximum atomic E-state index is 14.4. The van der Waals surface area contributed by atoms with E-state index in [1.54, 1.807) is 25.1 Å². The molecule has 0 unspecified atom stereocenters. The second kappa shape index (κ2) is 7.07. The third-order valence-corrected chi connectivity index (χ3v) is 6.22. The zero-order valence-electron chi connectivity index (χ0n) is 15.9.